The first-order valence-electron chi connectivity index (χ1n) is 4.66. The fourth-order valence-corrected chi connectivity index (χ4v) is 1.55. The highest BCUT2D eigenvalue weighted by Gasteiger charge is 2.20. The molecule has 1 aromatic rings. The lowest BCUT2D eigenvalue weighted by Crippen LogP contribution is -2.36. The molecule has 2 nitrogen and oxygen atoms in total. The van der Waals surface area contributed by atoms with Crippen LogP contribution < -0.4 is 5.32 Å². The second-order valence-corrected chi connectivity index (χ2v) is 3.53. The lowest BCUT2D eigenvalue weighted by molar-refractivity contribution is 0.294. The minimum atomic E-state index is 0.366. The van der Waals surface area contributed by atoms with Crippen LogP contribution in [0.2, 0.25) is 0 Å². The first-order valence-corrected chi connectivity index (χ1v) is 4.66. The summed E-state index contributed by atoms with van der Waals surface area (Å²) in [5.74, 6) is 1.04. The standard InChI is InChI=1S/C10H15NO/c1-8(10-6-3-7-12-10)11-9-4-2-5-9/h3,6-9,11H,2,4-5H2,1H3/t8-/m1/s1. The van der Waals surface area contributed by atoms with Gasteiger partial charge in [-0.25, -0.2) is 0 Å². The average molecular weight is 165 g/mol. The Labute approximate surface area is 73.0 Å². The predicted octanol–water partition coefficient (Wildman–Crippen LogP) is 2.48. The molecule has 1 aromatic heterocycles. The lowest BCUT2D eigenvalue weighted by atomic mass is 9.92. The molecule has 0 aromatic carbocycles. The normalized spacial score (nSPS) is 20.4. The van der Waals surface area contributed by atoms with Gasteiger partial charge in [0.25, 0.3) is 0 Å². The van der Waals surface area contributed by atoms with Crippen molar-refractivity contribution in [3.63, 3.8) is 0 Å². The van der Waals surface area contributed by atoms with Crippen LogP contribution in [0.25, 0.3) is 0 Å². The highest BCUT2D eigenvalue weighted by Crippen LogP contribution is 2.22. The van der Waals surface area contributed by atoms with E-state index in [0.717, 1.165) is 11.8 Å². The Hall–Kier alpha value is -0.760. The van der Waals surface area contributed by atoms with E-state index in [-0.39, 0.29) is 0 Å². The van der Waals surface area contributed by atoms with Gasteiger partial charge in [-0.3, -0.25) is 0 Å². The molecule has 0 bridgehead atoms. The lowest BCUT2D eigenvalue weighted by Gasteiger charge is -2.29. The summed E-state index contributed by atoms with van der Waals surface area (Å²) in [4.78, 5) is 0. The van der Waals surface area contributed by atoms with Crippen LogP contribution in [0.5, 0.6) is 0 Å². The first-order chi connectivity index (χ1) is 5.86. The predicted molar refractivity (Wildman–Crippen MR) is 47.9 cm³/mol. The molecule has 1 atom stereocenters. The van der Waals surface area contributed by atoms with E-state index in [1.165, 1.54) is 19.3 Å². The highest BCUT2D eigenvalue weighted by atomic mass is 16.3. The zero-order valence-electron chi connectivity index (χ0n) is 7.42. The quantitative estimate of drug-likeness (QED) is 0.744. The topological polar surface area (TPSA) is 25.2 Å². The number of hydrogen-bond donors (Lipinski definition) is 1. The third kappa shape index (κ3) is 1.53. The molecule has 0 aliphatic heterocycles. The zero-order chi connectivity index (χ0) is 8.39. The average Bonchev–Trinajstić information content (AvgIpc) is 2.47. The van der Waals surface area contributed by atoms with Crippen molar-refractivity contribution in [2.24, 2.45) is 0 Å². The van der Waals surface area contributed by atoms with Gasteiger partial charge in [0, 0.05) is 6.04 Å². The SMILES string of the molecule is C[C@@H](NC1CCC1)c1ccco1. The molecule has 0 saturated heterocycles. The second-order valence-electron chi connectivity index (χ2n) is 3.53. The Morgan fingerprint density at radius 1 is 1.58 bits per heavy atom. The van der Waals surface area contributed by atoms with E-state index in [9.17, 15) is 0 Å². The third-order valence-corrected chi connectivity index (χ3v) is 2.56. The van der Waals surface area contributed by atoms with Crippen molar-refractivity contribution >= 4 is 0 Å². The van der Waals surface area contributed by atoms with E-state index in [1.807, 2.05) is 12.1 Å². The highest BCUT2D eigenvalue weighted by molar-refractivity contribution is 5.03. The van der Waals surface area contributed by atoms with Gasteiger partial charge in [0.1, 0.15) is 5.76 Å². The molecule has 66 valence electrons. The van der Waals surface area contributed by atoms with Crippen LogP contribution in [0.3, 0.4) is 0 Å². The molecule has 0 spiro atoms. The van der Waals surface area contributed by atoms with Gasteiger partial charge in [-0.2, -0.15) is 0 Å². The molecule has 0 unspecified atom stereocenters. The van der Waals surface area contributed by atoms with Crippen LogP contribution in [-0.2, 0) is 0 Å². The fourth-order valence-electron chi connectivity index (χ4n) is 1.55. The number of furan rings is 1. The summed E-state index contributed by atoms with van der Waals surface area (Å²) in [6.07, 6.45) is 5.76. The van der Waals surface area contributed by atoms with Crippen molar-refractivity contribution in [1.82, 2.24) is 5.32 Å². The monoisotopic (exact) mass is 165 g/mol. The molecule has 2 heteroatoms. The molecule has 0 radical (unpaired) electrons. The Bertz CT molecular complexity index is 226. The molecule has 12 heavy (non-hydrogen) atoms. The summed E-state index contributed by atoms with van der Waals surface area (Å²) >= 11 is 0. The van der Waals surface area contributed by atoms with Gasteiger partial charge in [-0.1, -0.05) is 6.42 Å². The van der Waals surface area contributed by atoms with E-state index >= 15 is 0 Å². The Morgan fingerprint density at radius 3 is 2.92 bits per heavy atom. The van der Waals surface area contributed by atoms with Crippen molar-refractivity contribution in [2.75, 3.05) is 0 Å². The zero-order valence-corrected chi connectivity index (χ0v) is 7.42. The molecule has 1 aliphatic rings. The van der Waals surface area contributed by atoms with Gasteiger partial charge >= 0.3 is 0 Å². The minimum absolute atomic E-state index is 0.366. The summed E-state index contributed by atoms with van der Waals surface area (Å²) < 4.78 is 5.30. The van der Waals surface area contributed by atoms with E-state index in [4.69, 9.17) is 4.42 Å². The van der Waals surface area contributed by atoms with Gasteiger partial charge < -0.3 is 9.73 Å². The molecule has 1 fully saturated rings. The summed E-state index contributed by atoms with van der Waals surface area (Å²) in [6.45, 7) is 2.15. The second kappa shape index (κ2) is 3.31. The van der Waals surface area contributed by atoms with Crippen LogP contribution in [-0.4, -0.2) is 6.04 Å². The molecule has 2 rings (SSSR count). The molecular weight excluding hydrogens is 150 g/mol. The van der Waals surface area contributed by atoms with Crippen molar-refractivity contribution in [3.05, 3.63) is 24.2 Å². The maximum absolute atomic E-state index is 5.30. The van der Waals surface area contributed by atoms with Crippen LogP contribution in [0.15, 0.2) is 22.8 Å². The first kappa shape index (κ1) is 7.87. The molecule has 1 heterocycles. The van der Waals surface area contributed by atoms with Crippen molar-refractivity contribution in [3.8, 4) is 0 Å². The fraction of sp³-hybridized carbons (Fsp3) is 0.600. The smallest absolute Gasteiger partial charge is 0.120 e. The maximum atomic E-state index is 5.30. The van der Waals surface area contributed by atoms with Gasteiger partial charge in [-0.15, -0.1) is 0 Å². The number of rotatable bonds is 3. The minimum Gasteiger partial charge on any atom is -0.468 e. The van der Waals surface area contributed by atoms with E-state index in [2.05, 4.69) is 12.2 Å². The van der Waals surface area contributed by atoms with Gasteiger partial charge in [0.05, 0.1) is 12.3 Å². The molecule has 0 amide bonds. The Balaban J connectivity index is 1.87. The van der Waals surface area contributed by atoms with E-state index in [1.54, 1.807) is 6.26 Å². The van der Waals surface area contributed by atoms with Crippen molar-refractivity contribution < 1.29 is 4.42 Å². The van der Waals surface area contributed by atoms with Gasteiger partial charge in [0.2, 0.25) is 0 Å². The van der Waals surface area contributed by atoms with Crippen LogP contribution in [0.4, 0.5) is 0 Å². The van der Waals surface area contributed by atoms with Crippen molar-refractivity contribution in [1.29, 1.82) is 0 Å². The van der Waals surface area contributed by atoms with Gasteiger partial charge in [0.15, 0.2) is 0 Å². The van der Waals surface area contributed by atoms with Crippen LogP contribution in [0, 0.1) is 0 Å². The van der Waals surface area contributed by atoms with Crippen LogP contribution in [0.1, 0.15) is 38.0 Å². The molecule has 1 N–H and O–H groups in total. The van der Waals surface area contributed by atoms with E-state index in [0.29, 0.717) is 6.04 Å². The van der Waals surface area contributed by atoms with Crippen molar-refractivity contribution in [2.45, 2.75) is 38.3 Å². The molecule has 1 aliphatic carbocycles. The third-order valence-electron chi connectivity index (χ3n) is 2.56. The van der Waals surface area contributed by atoms with E-state index < -0.39 is 0 Å². The molecule has 1 saturated carbocycles. The molecular formula is C10H15NO. The Kier molecular flexibility index (Phi) is 2.17. The van der Waals surface area contributed by atoms with Gasteiger partial charge in [-0.05, 0) is 31.9 Å². The number of nitrogens with one attached hydrogen (secondary N) is 1. The summed E-state index contributed by atoms with van der Waals surface area (Å²) in [6, 6.07) is 5.06. The maximum Gasteiger partial charge on any atom is 0.120 e. The van der Waals surface area contributed by atoms with Crippen LogP contribution >= 0.6 is 0 Å². The summed E-state index contributed by atoms with van der Waals surface area (Å²) in [5, 5.41) is 3.52. The number of hydrogen-bond acceptors (Lipinski definition) is 2. The summed E-state index contributed by atoms with van der Waals surface area (Å²) in [5.41, 5.74) is 0. The Morgan fingerprint density at radius 2 is 2.42 bits per heavy atom. The largest absolute Gasteiger partial charge is 0.468 e. The summed E-state index contributed by atoms with van der Waals surface area (Å²) in [7, 11) is 0.